The number of rotatable bonds is 2. The van der Waals surface area contributed by atoms with Crippen molar-refractivity contribution in [3.8, 4) is 0 Å². The molecule has 1 aliphatic carbocycles. The molecule has 1 amide bonds. The average molecular weight is 286 g/mol. The fourth-order valence-electron chi connectivity index (χ4n) is 2.54. The highest BCUT2D eigenvalue weighted by atomic mass is 16.6. The van der Waals surface area contributed by atoms with E-state index in [1.165, 1.54) is 7.11 Å². The van der Waals surface area contributed by atoms with E-state index in [-0.39, 0.29) is 29.9 Å². The highest BCUT2D eigenvalue weighted by molar-refractivity contribution is 5.73. The lowest BCUT2D eigenvalue weighted by atomic mass is 9.75. The molecule has 3 N–H and O–H groups in total. The lowest BCUT2D eigenvalue weighted by Gasteiger charge is -2.37. The van der Waals surface area contributed by atoms with E-state index < -0.39 is 11.7 Å². The van der Waals surface area contributed by atoms with E-state index in [2.05, 4.69) is 5.32 Å². The SMILES string of the molecule is COC(=O)[C@H]1C[C@H](NC(=O)OC(C)(C)C)[C@@H](N)C[C@H]1C. The Morgan fingerprint density at radius 2 is 1.85 bits per heavy atom. The van der Waals surface area contributed by atoms with Crippen LogP contribution >= 0.6 is 0 Å². The molecule has 6 nitrogen and oxygen atoms in total. The zero-order chi connectivity index (χ0) is 15.5. The van der Waals surface area contributed by atoms with Crippen LogP contribution in [0.2, 0.25) is 0 Å². The van der Waals surface area contributed by atoms with Gasteiger partial charge in [0.2, 0.25) is 0 Å². The van der Waals surface area contributed by atoms with Crippen molar-refractivity contribution in [2.75, 3.05) is 7.11 Å². The summed E-state index contributed by atoms with van der Waals surface area (Å²) in [7, 11) is 1.37. The molecule has 1 saturated carbocycles. The molecule has 0 saturated heterocycles. The molecule has 0 spiro atoms. The summed E-state index contributed by atoms with van der Waals surface area (Å²) >= 11 is 0. The first kappa shape index (κ1) is 16.8. The van der Waals surface area contributed by atoms with Crippen LogP contribution in [0.25, 0.3) is 0 Å². The van der Waals surface area contributed by atoms with E-state index in [9.17, 15) is 9.59 Å². The molecule has 0 aromatic carbocycles. The Morgan fingerprint density at radius 3 is 2.35 bits per heavy atom. The third kappa shape index (κ3) is 4.67. The molecule has 6 heteroatoms. The largest absolute Gasteiger partial charge is 0.469 e. The molecule has 0 aliphatic heterocycles. The summed E-state index contributed by atoms with van der Waals surface area (Å²) in [5.41, 5.74) is 5.51. The van der Waals surface area contributed by atoms with Gasteiger partial charge in [-0.25, -0.2) is 4.79 Å². The predicted octanol–water partition coefficient (Wildman–Crippen LogP) is 1.43. The summed E-state index contributed by atoms with van der Waals surface area (Å²) < 4.78 is 10.0. The Bertz CT molecular complexity index is 365. The quantitative estimate of drug-likeness (QED) is 0.749. The Labute approximate surface area is 120 Å². The minimum absolute atomic E-state index is 0.147. The van der Waals surface area contributed by atoms with E-state index in [0.717, 1.165) is 0 Å². The van der Waals surface area contributed by atoms with E-state index in [1.54, 1.807) is 20.8 Å². The van der Waals surface area contributed by atoms with Crippen molar-refractivity contribution in [2.45, 2.75) is 58.2 Å². The van der Waals surface area contributed by atoms with Crippen LogP contribution in [0.3, 0.4) is 0 Å². The van der Waals surface area contributed by atoms with Crippen LogP contribution in [0.1, 0.15) is 40.5 Å². The number of hydrogen-bond acceptors (Lipinski definition) is 5. The highest BCUT2D eigenvalue weighted by Gasteiger charge is 2.38. The van der Waals surface area contributed by atoms with Gasteiger partial charge in [-0.15, -0.1) is 0 Å². The molecule has 20 heavy (non-hydrogen) atoms. The number of amides is 1. The molecule has 1 fully saturated rings. The Kier molecular flexibility index (Phi) is 5.39. The Morgan fingerprint density at radius 1 is 1.25 bits per heavy atom. The number of methoxy groups -OCH3 is 1. The topological polar surface area (TPSA) is 90.6 Å². The first-order chi connectivity index (χ1) is 9.14. The van der Waals surface area contributed by atoms with Crippen LogP contribution in [-0.2, 0) is 14.3 Å². The van der Waals surface area contributed by atoms with E-state index in [1.807, 2.05) is 6.92 Å². The molecule has 0 radical (unpaired) electrons. The van der Waals surface area contributed by atoms with Crippen molar-refractivity contribution in [3.05, 3.63) is 0 Å². The van der Waals surface area contributed by atoms with Gasteiger partial charge in [0.15, 0.2) is 0 Å². The maximum atomic E-state index is 11.8. The second-order valence-corrected chi connectivity index (χ2v) is 6.49. The number of ether oxygens (including phenoxy) is 2. The van der Waals surface area contributed by atoms with Crippen LogP contribution in [0.15, 0.2) is 0 Å². The molecule has 1 aliphatic rings. The van der Waals surface area contributed by atoms with Gasteiger partial charge >= 0.3 is 12.1 Å². The lowest BCUT2D eigenvalue weighted by molar-refractivity contribution is -0.148. The Balaban J connectivity index is 2.65. The number of nitrogens with one attached hydrogen (secondary N) is 1. The lowest BCUT2D eigenvalue weighted by Crippen LogP contribution is -2.54. The van der Waals surface area contributed by atoms with Gasteiger partial charge in [0.05, 0.1) is 13.0 Å². The second-order valence-electron chi connectivity index (χ2n) is 6.49. The second kappa shape index (κ2) is 6.43. The van der Waals surface area contributed by atoms with Crippen molar-refractivity contribution in [1.82, 2.24) is 5.32 Å². The minimum atomic E-state index is -0.558. The molecule has 4 atom stereocenters. The summed E-state index contributed by atoms with van der Waals surface area (Å²) in [5.74, 6) is -0.339. The van der Waals surface area contributed by atoms with Gasteiger partial charge in [-0.05, 0) is 39.5 Å². The molecule has 0 aromatic rings. The number of carbonyl (C=O) groups is 2. The van der Waals surface area contributed by atoms with E-state index in [0.29, 0.717) is 12.8 Å². The first-order valence-electron chi connectivity index (χ1n) is 6.97. The fraction of sp³-hybridized carbons (Fsp3) is 0.857. The van der Waals surface area contributed by atoms with E-state index in [4.69, 9.17) is 15.2 Å². The number of hydrogen-bond donors (Lipinski definition) is 2. The van der Waals surface area contributed by atoms with Crippen molar-refractivity contribution in [1.29, 1.82) is 0 Å². The van der Waals surface area contributed by atoms with Crippen molar-refractivity contribution in [2.24, 2.45) is 17.6 Å². The first-order valence-corrected chi connectivity index (χ1v) is 6.97. The average Bonchev–Trinajstić information content (AvgIpc) is 2.29. The van der Waals surface area contributed by atoms with Crippen LogP contribution in [0.5, 0.6) is 0 Å². The number of carbonyl (C=O) groups excluding carboxylic acids is 2. The molecular formula is C14H26N2O4. The number of alkyl carbamates (subject to hydrolysis) is 1. The summed E-state index contributed by atoms with van der Waals surface area (Å²) in [6.45, 7) is 7.37. The number of nitrogens with two attached hydrogens (primary N) is 1. The van der Waals surface area contributed by atoms with Gasteiger partial charge < -0.3 is 20.5 Å². The molecule has 0 bridgehead atoms. The zero-order valence-electron chi connectivity index (χ0n) is 12.9. The normalized spacial score (nSPS) is 30.5. The van der Waals surface area contributed by atoms with Crippen molar-refractivity contribution in [3.63, 3.8) is 0 Å². The molecule has 0 heterocycles. The molecule has 0 aromatic heterocycles. The summed E-state index contributed by atoms with van der Waals surface area (Å²) in [4.78, 5) is 23.5. The molecule has 116 valence electrons. The van der Waals surface area contributed by atoms with E-state index >= 15 is 0 Å². The van der Waals surface area contributed by atoms with Crippen LogP contribution < -0.4 is 11.1 Å². The maximum absolute atomic E-state index is 11.8. The van der Waals surface area contributed by atoms with Gasteiger partial charge in [0.1, 0.15) is 5.60 Å². The number of esters is 1. The molecule has 1 rings (SSSR count). The summed E-state index contributed by atoms with van der Waals surface area (Å²) in [5, 5.41) is 2.76. The Hall–Kier alpha value is -1.30. The minimum Gasteiger partial charge on any atom is -0.469 e. The third-order valence-electron chi connectivity index (χ3n) is 3.56. The molecular weight excluding hydrogens is 260 g/mol. The highest BCUT2D eigenvalue weighted by Crippen LogP contribution is 2.30. The van der Waals surface area contributed by atoms with Crippen molar-refractivity contribution < 1.29 is 19.1 Å². The maximum Gasteiger partial charge on any atom is 0.407 e. The van der Waals surface area contributed by atoms with Crippen LogP contribution in [0.4, 0.5) is 4.79 Å². The van der Waals surface area contributed by atoms with Gasteiger partial charge in [-0.1, -0.05) is 6.92 Å². The van der Waals surface area contributed by atoms with Gasteiger partial charge in [0, 0.05) is 12.1 Å². The summed E-state index contributed by atoms with van der Waals surface area (Å²) in [6, 6.07) is -0.455. The van der Waals surface area contributed by atoms with Crippen LogP contribution in [0, 0.1) is 11.8 Å². The van der Waals surface area contributed by atoms with Gasteiger partial charge in [-0.2, -0.15) is 0 Å². The van der Waals surface area contributed by atoms with Crippen molar-refractivity contribution >= 4 is 12.1 Å². The molecule has 0 unspecified atom stereocenters. The third-order valence-corrected chi connectivity index (χ3v) is 3.56. The monoisotopic (exact) mass is 286 g/mol. The van der Waals surface area contributed by atoms with Crippen LogP contribution in [-0.4, -0.2) is 36.9 Å². The van der Waals surface area contributed by atoms with Gasteiger partial charge in [-0.3, -0.25) is 4.79 Å². The smallest absolute Gasteiger partial charge is 0.407 e. The standard InChI is InChI=1S/C14H26N2O4/c1-8-6-10(15)11(7-9(8)12(17)19-5)16-13(18)20-14(2,3)4/h8-11H,6-7,15H2,1-5H3,(H,16,18)/t8-,9+,10+,11+/m1/s1. The fourth-order valence-corrected chi connectivity index (χ4v) is 2.54. The predicted molar refractivity (Wildman–Crippen MR) is 75.0 cm³/mol. The summed E-state index contributed by atoms with van der Waals surface area (Å²) in [6.07, 6.45) is 0.644. The zero-order valence-corrected chi connectivity index (χ0v) is 12.9. The van der Waals surface area contributed by atoms with Gasteiger partial charge in [0.25, 0.3) is 0 Å².